The van der Waals surface area contributed by atoms with E-state index in [2.05, 4.69) is 11.9 Å². The molecular formula is C18H16F2N2OS. The van der Waals surface area contributed by atoms with E-state index in [1.165, 1.54) is 27.9 Å². The molecule has 3 nitrogen and oxygen atoms in total. The average molecular weight is 346 g/mol. The second kappa shape index (κ2) is 5.77. The maximum Gasteiger partial charge on any atom is 0.262 e. The van der Waals surface area contributed by atoms with Gasteiger partial charge in [0.1, 0.15) is 4.83 Å². The fourth-order valence-electron chi connectivity index (χ4n) is 3.33. The first kappa shape index (κ1) is 15.4. The molecule has 1 atom stereocenters. The Morgan fingerprint density at radius 2 is 2.21 bits per heavy atom. The Balaban J connectivity index is 1.82. The van der Waals surface area contributed by atoms with E-state index in [-0.39, 0.29) is 17.7 Å². The van der Waals surface area contributed by atoms with E-state index in [0.717, 1.165) is 35.7 Å². The van der Waals surface area contributed by atoms with E-state index in [1.54, 1.807) is 11.3 Å². The summed E-state index contributed by atoms with van der Waals surface area (Å²) in [5.41, 5.74) is 1.08. The summed E-state index contributed by atoms with van der Waals surface area (Å²) in [7, 11) is 0. The number of aromatic nitrogens is 2. The van der Waals surface area contributed by atoms with Crippen molar-refractivity contribution in [2.24, 2.45) is 5.92 Å². The molecule has 0 saturated carbocycles. The van der Waals surface area contributed by atoms with Crippen LogP contribution >= 0.6 is 11.3 Å². The van der Waals surface area contributed by atoms with Crippen molar-refractivity contribution in [1.29, 1.82) is 0 Å². The van der Waals surface area contributed by atoms with Crippen molar-refractivity contribution in [3.8, 4) is 0 Å². The van der Waals surface area contributed by atoms with E-state index in [9.17, 15) is 13.6 Å². The topological polar surface area (TPSA) is 34.9 Å². The first-order valence-corrected chi connectivity index (χ1v) is 8.79. The van der Waals surface area contributed by atoms with Crippen molar-refractivity contribution in [1.82, 2.24) is 9.55 Å². The molecule has 3 aromatic rings. The van der Waals surface area contributed by atoms with Gasteiger partial charge in [-0.2, -0.15) is 0 Å². The van der Waals surface area contributed by atoms with Crippen LogP contribution in [0.3, 0.4) is 0 Å². The third kappa shape index (κ3) is 2.45. The molecule has 0 aliphatic heterocycles. The predicted molar refractivity (Wildman–Crippen MR) is 90.5 cm³/mol. The van der Waals surface area contributed by atoms with E-state index in [4.69, 9.17) is 0 Å². The monoisotopic (exact) mass is 346 g/mol. The van der Waals surface area contributed by atoms with Crippen LogP contribution in [0.15, 0.2) is 29.3 Å². The Hall–Kier alpha value is -2.08. The summed E-state index contributed by atoms with van der Waals surface area (Å²) in [6.07, 6.45) is 4.35. The van der Waals surface area contributed by atoms with Gasteiger partial charge in [0.25, 0.3) is 5.56 Å². The summed E-state index contributed by atoms with van der Waals surface area (Å²) in [5, 5.41) is 0.654. The largest absolute Gasteiger partial charge is 0.294 e. The maximum atomic E-state index is 13.9. The lowest BCUT2D eigenvalue weighted by Gasteiger charge is -2.17. The van der Waals surface area contributed by atoms with Crippen LogP contribution in [0.25, 0.3) is 10.2 Å². The zero-order chi connectivity index (χ0) is 16.8. The second-order valence-corrected chi connectivity index (χ2v) is 7.51. The quantitative estimate of drug-likeness (QED) is 0.705. The Labute approximate surface area is 141 Å². The lowest BCUT2D eigenvalue weighted by molar-refractivity contribution is 0.494. The molecule has 2 heterocycles. The third-order valence-electron chi connectivity index (χ3n) is 4.65. The molecule has 0 N–H and O–H groups in total. The van der Waals surface area contributed by atoms with Gasteiger partial charge in [0.05, 0.1) is 18.3 Å². The summed E-state index contributed by atoms with van der Waals surface area (Å²) in [5.74, 6) is -1.20. The first-order valence-electron chi connectivity index (χ1n) is 7.97. The van der Waals surface area contributed by atoms with Gasteiger partial charge in [-0.1, -0.05) is 19.1 Å². The molecule has 0 amide bonds. The van der Waals surface area contributed by atoms with Crippen molar-refractivity contribution in [2.75, 3.05) is 0 Å². The van der Waals surface area contributed by atoms with Crippen molar-refractivity contribution >= 4 is 21.6 Å². The van der Waals surface area contributed by atoms with Crippen LogP contribution in [0.5, 0.6) is 0 Å². The van der Waals surface area contributed by atoms with Crippen LogP contribution in [-0.2, 0) is 19.4 Å². The third-order valence-corrected chi connectivity index (χ3v) is 5.82. The minimum absolute atomic E-state index is 0.0214. The van der Waals surface area contributed by atoms with Gasteiger partial charge in [0.2, 0.25) is 0 Å². The minimum atomic E-state index is -0.911. The van der Waals surface area contributed by atoms with E-state index < -0.39 is 11.6 Å². The Kier molecular flexibility index (Phi) is 3.72. The van der Waals surface area contributed by atoms with Crippen LogP contribution in [0.1, 0.15) is 29.3 Å². The molecule has 0 saturated heterocycles. The Bertz CT molecular complexity index is 993. The fraction of sp³-hybridized carbons (Fsp3) is 0.333. The summed E-state index contributed by atoms with van der Waals surface area (Å²) >= 11 is 1.58. The second-order valence-electron chi connectivity index (χ2n) is 6.42. The molecule has 2 aromatic heterocycles. The van der Waals surface area contributed by atoms with E-state index >= 15 is 0 Å². The van der Waals surface area contributed by atoms with E-state index in [1.807, 2.05) is 0 Å². The standard InChI is InChI=1S/C18H16F2N2OS/c1-10-5-6-12-14(7-10)24-17-15(12)18(23)22(9-21-17)8-11-3-2-4-13(19)16(11)20/h2-4,9-10H,5-8H2,1H3. The fourth-order valence-corrected chi connectivity index (χ4v) is 4.67. The van der Waals surface area contributed by atoms with Crippen LogP contribution in [-0.4, -0.2) is 9.55 Å². The van der Waals surface area contributed by atoms with Crippen molar-refractivity contribution < 1.29 is 8.78 Å². The summed E-state index contributed by atoms with van der Waals surface area (Å²) in [6.45, 7) is 2.19. The molecule has 24 heavy (non-hydrogen) atoms. The number of halogens is 2. The molecule has 0 bridgehead atoms. The van der Waals surface area contributed by atoms with Gasteiger partial charge in [0, 0.05) is 10.4 Å². The lowest BCUT2D eigenvalue weighted by atomic mass is 9.89. The highest BCUT2D eigenvalue weighted by Crippen LogP contribution is 2.35. The molecular weight excluding hydrogens is 330 g/mol. The zero-order valence-corrected chi connectivity index (χ0v) is 14.0. The van der Waals surface area contributed by atoms with Gasteiger partial charge in [-0.05, 0) is 36.8 Å². The van der Waals surface area contributed by atoms with Gasteiger partial charge in [-0.3, -0.25) is 9.36 Å². The van der Waals surface area contributed by atoms with Crippen LogP contribution in [0, 0.1) is 17.6 Å². The molecule has 4 rings (SSSR count). The van der Waals surface area contributed by atoms with Crippen LogP contribution < -0.4 is 5.56 Å². The Morgan fingerprint density at radius 3 is 3.04 bits per heavy atom. The molecule has 6 heteroatoms. The SMILES string of the molecule is CC1CCc2c(sc3ncn(Cc4cccc(F)c4F)c(=O)c23)C1. The summed E-state index contributed by atoms with van der Waals surface area (Å²) in [4.78, 5) is 19.2. The zero-order valence-electron chi connectivity index (χ0n) is 13.2. The number of rotatable bonds is 2. The van der Waals surface area contributed by atoms with Crippen molar-refractivity contribution in [3.05, 3.63) is 62.5 Å². The van der Waals surface area contributed by atoms with Crippen molar-refractivity contribution in [2.45, 2.75) is 32.7 Å². The highest BCUT2D eigenvalue weighted by atomic mass is 32.1. The summed E-state index contributed by atoms with van der Waals surface area (Å²) in [6, 6.07) is 4.00. The highest BCUT2D eigenvalue weighted by molar-refractivity contribution is 7.18. The Morgan fingerprint density at radius 1 is 1.38 bits per heavy atom. The number of thiophene rings is 1. The highest BCUT2D eigenvalue weighted by Gasteiger charge is 2.23. The molecule has 124 valence electrons. The summed E-state index contributed by atoms with van der Waals surface area (Å²) < 4.78 is 28.6. The average Bonchev–Trinajstić information content (AvgIpc) is 2.92. The molecule has 1 unspecified atom stereocenters. The van der Waals surface area contributed by atoms with Gasteiger partial charge < -0.3 is 0 Å². The lowest BCUT2D eigenvalue weighted by Crippen LogP contribution is -2.22. The number of nitrogens with zero attached hydrogens (tertiary/aromatic N) is 2. The number of benzene rings is 1. The van der Waals surface area contributed by atoms with Gasteiger partial charge in [-0.15, -0.1) is 11.3 Å². The number of hydrogen-bond donors (Lipinski definition) is 0. The normalized spacial score (nSPS) is 17.2. The number of fused-ring (bicyclic) bond motifs is 3. The molecule has 0 spiro atoms. The van der Waals surface area contributed by atoms with Gasteiger partial charge in [0.15, 0.2) is 11.6 Å². The number of aryl methyl sites for hydroxylation is 1. The smallest absolute Gasteiger partial charge is 0.262 e. The van der Waals surface area contributed by atoms with Crippen molar-refractivity contribution in [3.63, 3.8) is 0 Å². The molecule has 0 radical (unpaired) electrons. The predicted octanol–water partition coefficient (Wildman–Crippen LogP) is 3.91. The molecule has 1 aromatic carbocycles. The van der Waals surface area contributed by atoms with Crippen LogP contribution in [0.2, 0.25) is 0 Å². The van der Waals surface area contributed by atoms with Gasteiger partial charge >= 0.3 is 0 Å². The molecule has 0 fully saturated rings. The first-order chi connectivity index (χ1) is 11.5. The molecule has 1 aliphatic rings. The van der Waals surface area contributed by atoms with Gasteiger partial charge in [-0.25, -0.2) is 13.8 Å². The minimum Gasteiger partial charge on any atom is -0.294 e. The molecule has 1 aliphatic carbocycles. The maximum absolute atomic E-state index is 13.9. The van der Waals surface area contributed by atoms with Crippen LogP contribution in [0.4, 0.5) is 8.78 Å². The van der Waals surface area contributed by atoms with E-state index in [0.29, 0.717) is 11.3 Å². The number of hydrogen-bond acceptors (Lipinski definition) is 3.